The molecule has 0 radical (unpaired) electrons. The van der Waals surface area contributed by atoms with Crippen LogP contribution in [0.2, 0.25) is 0 Å². The zero-order chi connectivity index (χ0) is 49.9. The van der Waals surface area contributed by atoms with Gasteiger partial charge < -0.3 is 40.3 Å². The molecule has 11 nitrogen and oxygen atoms in total. The van der Waals surface area contributed by atoms with Gasteiger partial charge in [-0.15, -0.1) is 0 Å². The van der Waals surface area contributed by atoms with E-state index in [1.807, 2.05) is 30.3 Å². The largest absolute Gasteiger partial charge is 0.507 e. The first-order valence-corrected chi connectivity index (χ1v) is 27.2. The quantitative estimate of drug-likeness (QED) is 0.0600. The van der Waals surface area contributed by atoms with E-state index in [9.17, 15) is 35.1 Å². The Kier molecular flexibility index (Phi) is 13.5. The van der Waals surface area contributed by atoms with Gasteiger partial charge in [0, 0.05) is 59.0 Å². The second-order valence-corrected chi connectivity index (χ2v) is 23.0. The van der Waals surface area contributed by atoms with Crippen molar-refractivity contribution >= 4 is 23.4 Å². The fourth-order valence-corrected chi connectivity index (χ4v) is 15.1. The SMILES string of the molecule is CC(O)CNc1cc(CO)cc(C2C#CC3CC(=O)Oc4c3cc(c(O)c4C3CCCCC3)CC3OC(=O)C(=CC(O)C4(CCCC4)c4cccc(c4)CC4C(=O)CCC5C4CC4C=CCCC4C35O)C2)c1. The highest BCUT2D eigenvalue weighted by molar-refractivity contribution is 5.89. The highest BCUT2D eigenvalue weighted by atomic mass is 16.6. The Morgan fingerprint density at radius 1 is 0.889 bits per heavy atom. The summed E-state index contributed by atoms with van der Waals surface area (Å²) in [5.74, 6) is 3.49. The number of allylic oxidation sites excluding steroid dienone is 2. The summed E-state index contributed by atoms with van der Waals surface area (Å²) in [6.45, 7) is 1.64. The number of anilines is 1. The van der Waals surface area contributed by atoms with E-state index in [2.05, 4.69) is 47.5 Å². The van der Waals surface area contributed by atoms with Crippen molar-refractivity contribution in [3.63, 3.8) is 0 Å². The number of hydrogen-bond donors (Lipinski definition) is 6. The smallest absolute Gasteiger partial charge is 0.334 e. The van der Waals surface area contributed by atoms with Gasteiger partial charge in [0.05, 0.1) is 31.2 Å². The third kappa shape index (κ3) is 8.92. The van der Waals surface area contributed by atoms with Gasteiger partial charge in [-0.05, 0) is 153 Å². The topological polar surface area (TPSA) is 183 Å². The molecule has 0 aromatic heterocycles. The number of phenols is 1. The minimum atomic E-state index is -1.64. The molecule has 11 unspecified atom stereocenters. The lowest BCUT2D eigenvalue weighted by atomic mass is 9.49. The highest BCUT2D eigenvalue weighted by Crippen LogP contribution is 2.59. The number of fused-ring (bicyclic) bond motifs is 10. The maximum absolute atomic E-state index is 15.9. The van der Waals surface area contributed by atoms with E-state index in [0.717, 1.165) is 68.9 Å². The number of carbonyl (C=O) groups is 3. The van der Waals surface area contributed by atoms with Crippen molar-refractivity contribution in [1.29, 1.82) is 0 Å². The first-order valence-electron chi connectivity index (χ1n) is 27.2. The molecule has 3 aliphatic heterocycles. The summed E-state index contributed by atoms with van der Waals surface area (Å²) in [5.41, 5.74) is 3.43. The summed E-state index contributed by atoms with van der Waals surface area (Å²) in [7, 11) is 0. The van der Waals surface area contributed by atoms with E-state index in [0.29, 0.717) is 77.8 Å². The number of aliphatic hydroxyl groups excluding tert-OH is 3. The normalized spacial score (nSPS) is 32.5. The number of rotatable bonds is 6. The minimum absolute atomic E-state index is 0.0128. The van der Waals surface area contributed by atoms with Crippen LogP contribution in [0.15, 0.2) is 72.3 Å². The predicted octanol–water partition coefficient (Wildman–Crippen LogP) is 9.05. The van der Waals surface area contributed by atoms with Gasteiger partial charge in [0.2, 0.25) is 0 Å². The molecule has 380 valence electrons. The number of nitrogens with one attached hydrogen (secondary N) is 1. The van der Waals surface area contributed by atoms with Gasteiger partial charge in [-0.3, -0.25) is 9.59 Å². The van der Waals surface area contributed by atoms with Gasteiger partial charge in [0.1, 0.15) is 29.0 Å². The standard InChI is InChI=1S/C61H71NO10/c1-35(64)33-62-46-24-37(34-63)22-42(27-46)39-16-17-40-32-55(67)72-58-47(40)29-43(57(68)56(58)38-11-3-2-4-12-38)31-54-61(70)50-15-6-5-13-41(50)28-48-49(52(65)19-18-51(48)61)25-36-10-9-14-45(23-36)60(20-7-8-21-60)53(66)30-44(26-39)59(69)71-54/h5,9-10,13-14,22-24,27,29-30,35,38-41,48-51,53-54,62-64,66,68,70H,2-4,6-8,11-12,15,18-21,25-26,28,31-34H2,1H3. The molecule has 0 saturated heterocycles. The van der Waals surface area contributed by atoms with Gasteiger partial charge in [-0.2, -0.15) is 0 Å². The maximum atomic E-state index is 15.9. The van der Waals surface area contributed by atoms with Gasteiger partial charge in [0.15, 0.2) is 0 Å². The van der Waals surface area contributed by atoms with Crippen LogP contribution in [0.1, 0.15) is 166 Å². The molecule has 11 heteroatoms. The number of esters is 2. The third-order valence-corrected chi connectivity index (χ3v) is 18.7. The molecule has 0 amide bonds. The first-order chi connectivity index (χ1) is 34.8. The van der Waals surface area contributed by atoms with Crippen molar-refractivity contribution in [2.24, 2.45) is 29.6 Å². The van der Waals surface area contributed by atoms with Crippen LogP contribution in [0.25, 0.3) is 0 Å². The number of aliphatic hydroxyl groups is 4. The van der Waals surface area contributed by atoms with E-state index in [4.69, 9.17) is 9.47 Å². The second-order valence-electron chi connectivity index (χ2n) is 23.0. The van der Waals surface area contributed by atoms with Crippen LogP contribution in [0, 0.1) is 41.4 Å². The van der Waals surface area contributed by atoms with Crippen molar-refractivity contribution in [3.05, 3.63) is 111 Å². The fourth-order valence-electron chi connectivity index (χ4n) is 15.1. The summed E-state index contributed by atoms with van der Waals surface area (Å²) in [4.78, 5) is 44.2. The molecule has 1 spiro atoms. The molecule has 11 atom stereocenters. The predicted molar refractivity (Wildman–Crippen MR) is 272 cm³/mol. The lowest BCUT2D eigenvalue weighted by molar-refractivity contribution is -0.221. The lowest BCUT2D eigenvalue weighted by Crippen LogP contribution is -2.65. The summed E-state index contributed by atoms with van der Waals surface area (Å²) >= 11 is 0. The average molecular weight is 978 g/mol. The summed E-state index contributed by atoms with van der Waals surface area (Å²) in [6.07, 6.45) is 14.0. The van der Waals surface area contributed by atoms with E-state index < -0.39 is 59.0 Å². The number of hydrogen-bond acceptors (Lipinski definition) is 11. The first kappa shape index (κ1) is 49.0. The molecule has 8 aliphatic rings. The van der Waals surface area contributed by atoms with E-state index >= 15 is 4.79 Å². The maximum Gasteiger partial charge on any atom is 0.334 e. The Morgan fingerprint density at radius 3 is 2.49 bits per heavy atom. The number of benzene rings is 3. The zero-order valence-electron chi connectivity index (χ0n) is 41.6. The molecule has 4 saturated carbocycles. The lowest BCUT2D eigenvalue weighted by Gasteiger charge is -2.58. The molecule has 11 rings (SSSR count). The van der Waals surface area contributed by atoms with Crippen LogP contribution in [0.3, 0.4) is 0 Å². The van der Waals surface area contributed by atoms with Gasteiger partial charge in [-0.1, -0.05) is 86.4 Å². The van der Waals surface area contributed by atoms with Gasteiger partial charge in [-0.25, -0.2) is 4.79 Å². The van der Waals surface area contributed by atoms with Gasteiger partial charge in [0.25, 0.3) is 0 Å². The van der Waals surface area contributed by atoms with Crippen molar-refractivity contribution in [3.8, 4) is 23.3 Å². The summed E-state index contributed by atoms with van der Waals surface area (Å²) < 4.78 is 13.3. The van der Waals surface area contributed by atoms with E-state index in [1.54, 1.807) is 13.0 Å². The molecular weight excluding hydrogens is 907 g/mol. The van der Waals surface area contributed by atoms with Crippen LogP contribution in [-0.2, 0) is 44.0 Å². The van der Waals surface area contributed by atoms with Crippen LogP contribution >= 0.6 is 0 Å². The molecule has 5 aliphatic carbocycles. The molecule has 10 bridgehead atoms. The summed E-state index contributed by atoms with van der Waals surface area (Å²) in [5, 5.41) is 64.2. The van der Waals surface area contributed by atoms with Gasteiger partial charge >= 0.3 is 11.9 Å². The van der Waals surface area contributed by atoms with Crippen LogP contribution in [-0.4, -0.2) is 73.7 Å². The van der Waals surface area contributed by atoms with Crippen molar-refractivity contribution in [2.45, 2.75) is 176 Å². The monoisotopic (exact) mass is 978 g/mol. The third-order valence-electron chi connectivity index (χ3n) is 18.7. The molecule has 3 aromatic carbocycles. The average Bonchev–Trinajstić information content (AvgIpc) is 3.89. The summed E-state index contributed by atoms with van der Waals surface area (Å²) in [6, 6.07) is 15.8. The second kappa shape index (κ2) is 19.9. The number of ether oxygens (including phenoxy) is 2. The Balaban J connectivity index is 1.17. The Morgan fingerprint density at radius 2 is 1.69 bits per heavy atom. The number of phenolic OH excluding ortho intramolecular Hbond substituents is 1. The molecule has 4 fully saturated rings. The number of carbonyl (C=O) groups excluding carboxylic acids is 3. The van der Waals surface area contributed by atoms with Crippen LogP contribution < -0.4 is 10.1 Å². The number of ketones is 1. The number of Topliss-reactive ketones (excluding diaryl/α,β-unsaturated/α-hetero) is 1. The molecule has 3 aromatic rings. The van der Waals surface area contributed by atoms with Crippen molar-refractivity contribution in [1.82, 2.24) is 0 Å². The van der Waals surface area contributed by atoms with E-state index in [-0.39, 0.29) is 79.1 Å². The molecular formula is C61H71NO10. The molecule has 6 N–H and O–H groups in total. The van der Waals surface area contributed by atoms with Crippen molar-refractivity contribution in [2.75, 3.05) is 11.9 Å². The Hall–Kier alpha value is -5.25. The Labute approximate surface area is 423 Å². The fraction of sp³-hybridized carbons (Fsp3) is 0.557. The van der Waals surface area contributed by atoms with Crippen molar-refractivity contribution < 1.29 is 49.4 Å². The number of aromatic hydroxyl groups is 1. The molecule has 3 heterocycles. The highest BCUT2D eigenvalue weighted by Gasteiger charge is 2.62. The van der Waals surface area contributed by atoms with E-state index in [1.165, 1.54) is 0 Å². The zero-order valence-corrected chi connectivity index (χ0v) is 41.6. The Bertz CT molecular complexity index is 2730. The van der Waals surface area contributed by atoms with Crippen LogP contribution in [0.5, 0.6) is 11.5 Å². The van der Waals surface area contributed by atoms with Crippen LogP contribution in [0.4, 0.5) is 5.69 Å². The molecule has 72 heavy (non-hydrogen) atoms. The minimum Gasteiger partial charge on any atom is -0.507 e.